The Morgan fingerprint density at radius 1 is 1.00 bits per heavy atom. The second kappa shape index (κ2) is 7.21. The number of ether oxygens (including phenoxy) is 1. The van der Waals surface area contributed by atoms with Crippen molar-refractivity contribution in [2.45, 2.75) is 6.04 Å². The topological polar surface area (TPSA) is 61.8 Å². The first-order valence-electron chi connectivity index (χ1n) is 8.49. The van der Waals surface area contributed by atoms with E-state index in [4.69, 9.17) is 16.3 Å². The lowest BCUT2D eigenvalue weighted by molar-refractivity contribution is 0.251. The third-order valence-corrected chi connectivity index (χ3v) is 4.65. The van der Waals surface area contributed by atoms with Gasteiger partial charge in [0, 0.05) is 17.3 Å². The summed E-state index contributed by atoms with van der Waals surface area (Å²) in [5.74, 6) is 1.52. The minimum atomic E-state index is -0.187. The number of carbonyl (C=O) groups excluding carboxylic acids is 1. The van der Waals surface area contributed by atoms with Gasteiger partial charge in [0.2, 0.25) is 0 Å². The Hall–Kier alpha value is -3.18. The molecule has 5 nitrogen and oxygen atoms in total. The average molecular weight is 381 g/mol. The van der Waals surface area contributed by atoms with Gasteiger partial charge in [0.15, 0.2) is 0 Å². The Bertz CT molecular complexity index is 958. The van der Waals surface area contributed by atoms with Crippen LogP contribution in [0, 0.1) is 0 Å². The first-order valence-corrected chi connectivity index (χ1v) is 8.87. The number of urea groups is 1. The molecule has 6 heteroatoms. The Morgan fingerprint density at radius 2 is 1.67 bits per heavy atom. The number of benzene rings is 3. The van der Waals surface area contributed by atoms with Crippen molar-refractivity contribution in [2.24, 2.45) is 0 Å². The largest absolute Gasteiger partial charge is 0.508 e. The Balaban J connectivity index is 1.56. The van der Waals surface area contributed by atoms with Gasteiger partial charge in [-0.15, -0.1) is 0 Å². The van der Waals surface area contributed by atoms with Crippen molar-refractivity contribution in [3.8, 4) is 17.2 Å². The fourth-order valence-electron chi connectivity index (χ4n) is 3.11. The second-order valence-corrected chi connectivity index (χ2v) is 6.65. The minimum Gasteiger partial charge on any atom is -0.508 e. The Kier molecular flexibility index (Phi) is 4.60. The molecule has 1 fully saturated rings. The maximum absolute atomic E-state index is 12.4. The molecule has 1 heterocycles. The standard InChI is InChI=1S/C21H17ClN2O3/c22-15-4-8-18(9-5-15)27-19-10-6-16(7-11-19)24-20(13-23-21(24)26)14-2-1-3-17(25)12-14/h1-12,20,25H,13H2,(H,23,26). The maximum atomic E-state index is 12.4. The number of aromatic hydroxyl groups is 1. The summed E-state index contributed by atoms with van der Waals surface area (Å²) in [6.45, 7) is 0.477. The van der Waals surface area contributed by atoms with Gasteiger partial charge in [-0.2, -0.15) is 0 Å². The van der Waals surface area contributed by atoms with Gasteiger partial charge in [-0.05, 0) is 66.2 Å². The quantitative estimate of drug-likeness (QED) is 0.661. The van der Waals surface area contributed by atoms with Crippen LogP contribution in [0.15, 0.2) is 72.8 Å². The van der Waals surface area contributed by atoms with Crippen LogP contribution in [0.3, 0.4) is 0 Å². The van der Waals surface area contributed by atoms with Crippen LogP contribution in [0.2, 0.25) is 5.02 Å². The lowest BCUT2D eigenvalue weighted by Crippen LogP contribution is -2.29. The number of amides is 2. The molecule has 1 atom stereocenters. The smallest absolute Gasteiger partial charge is 0.322 e. The van der Waals surface area contributed by atoms with Crippen LogP contribution in [-0.2, 0) is 0 Å². The van der Waals surface area contributed by atoms with Crippen molar-refractivity contribution in [2.75, 3.05) is 11.4 Å². The van der Waals surface area contributed by atoms with Crippen molar-refractivity contribution in [3.63, 3.8) is 0 Å². The van der Waals surface area contributed by atoms with Gasteiger partial charge in [0.25, 0.3) is 0 Å². The number of anilines is 1. The first-order chi connectivity index (χ1) is 13.1. The van der Waals surface area contributed by atoms with E-state index in [1.54, 1.807) is 47.4 Å². The number of rotatable bonds is 4. The maximum Gasteiger partial charge on any atom is 0.322 e. The molecule has 0 spiro atoms. The first kappa shape index (κ1) is 17.2. The summed E-state index contributed by atoms with van der Waals surface area (Å²) >= 11 is 5.88. The molecule has 1 saturated heterocycles. The summed E-state index contributed by atoms with van der Waals surface area (Å²) in [4.78, 5) is 14.0. The number of halogens is 1. The molecule has 4 rings (SSSR count). The molecule has 1 aliphatic rings. The summed E-state index contributed by atoms with van der Waals surface area (Å²) in [5.41, 5.74) is 1.62. The van der Waals surface area contributed by atoms with E-state index in [0.29, 0.717) is 23.1 Å². The average Bonchev–Trinajstić information content (AvgIpc) is 3.06. The molecule has 1 unspecified atom stereocenters. The molecular formula is C21H17ClN2O3. The van der Waals surface area contributed by atoms with Crippen LogP contribution >= 0.6 is 11.6 Å². The fraction of sp³-hybridized carbons (Fsp3) is 0.0952. The normalized spacial score (nSPS) is 16.3. The number of hydrogen-bond donors (Lipinski definition) is 2. The number of nitrogens with one attached hydrogen (secondary N) is 1. The molecule has 0 aliphatic carbocycles. The van der Waals surface area contributed by atoms with Crippen molar-refractivity contribution < 1.29 is 14.6 Å². The van der Waals surface area contributed by atoms with Gasteiger partial charge >= 0.3 is 6.03 Å². The van der Waals surface area contributed by atoms with Crippen molar-refractivity contribution in [1.29, 1.82) is 0 Å². The summed E-state index contributed by atoms with van der Waals surface area (Å²) in [6, 6.07) is 21.0. The number of hydrogen-bond acceptors (Lipinski definition) is 3. The highest BCUT2D eigenvalue weighted by molar-refractivity contribution is 6.30. The lowest BCUT2D eigenvalue weighted by atomic mass is 10.1. The molecule has 27 heavy (non-hydrogen) atoms. The molecule has 0 radical (unpaired) electrons. The zero-order valence-corrected chi connectivity index (χ0v) is 15.1. The number of nitrogens with zero attached hydrogens (tertiary/aromatic N) is 1. The van der Waals surface area contributed by atoms with E-state index in [-0.39, 0.29) is 17.8 Å². The molecule has 0 aromatic heterocycles. The predicted molar refractivity (Wildman–Crippen MR) is 105 cm³/mol. The van der Waals surface area contributed by atoms with Gasteiger partial charge in [-0.25, -0.2) is 4.79 Å². The molecule has 0 bridgehead atoms. The van der Waals surface area contributed by atoms with Crippen LogP contribution in [0.4, 0.5) is 10.5 Å². The Labute approximate surface area is 161 Å². The monoisotopic (exact) mass is 380 g/mol. The van der Waals surface area contributed by atoms with Crippen LogP contribution in [0.25, 0.3) is 0 Å². The van der Waals surface area contributed by atoms with E-state index < -0.39 is 0 Å². The van der Waals surface area contributed by atoms with Crippen LogP contribution in [0.5, 0.6) is 17.2 Å². The second-order valence-electron chi connectivity index (χ2n) is 6.22. The van der Waals surface area contributed by atoms with E-state index in [1.807, 2.05) is 30.3 Å². The number of carbonyl (C=O) groups is 1. The zero-order valence-electron chi connectivity index (χ0n) is 14.3. The predicted octanol–water partition coefficient (Wildman–Crippen LogP) is 5.11. The van der Waals surface area contributed by atoms with Crippen molar-refractivity contribution >= 4 is 23.3 Å². The molecular weight excluding hydrogens is 364 g/mol. The van der Waals surface area contributed by atoms with Crippen molar-refractivity contribution in [3.05, 3.63) is 83.4 Å². The molecule has 1 aliphatic heterocycles. The molecule has 2 amide bonds. The highest BCUT2D eigenvalue weighted by Crippen LogP contribution is 2.33. The summed E-state index contributed by atoms with van der Waals surface area (Å²) in [5, 5.41) is 13.2. The van der Waals surface area contributed by atoms with E-state index in [1.165, 1.54) is 0 Å². The number of phenolic OH excluding ortho intramolecular Hbond substituents is 1. The van der Waals surface area contributed by atoms with Crippen LogP contribution in [-0.4, -0.2) is 17.7 Å². The molecule has 0 saturated carbocycles. The lowest BCUT2D eigenvalue weighted by Gasteiger charge is -2.23. The van der Waals surface area contributed by atoms with E-state index in [0.717, 1.165) is 11.3 Å². The molecule has 136 valence electrons. The highest BCUT2D eigenvalue weighted by atomic mass is 35.5. The summed E-state index contributed by atoms with van der Waals surface area (Å²) in [7, 11) is 0. The van der Waals surface area contributed by atoms with E-state index in [2.05, 4.69) is 5.32 Å². The highest BCUT2D eigenvalue weighted by Gasteiger charge is 2.33. The van der Waals surface area contributed by atoms with Crippen LogP contribution in [0.1, 0.15) is 11.6 Å². The van der Waals surface area contributed by atoms with Crippen LogP contribution < -0.4 is 15.0 Å². The van der Waals surface area contributed by atoms with E-state index in [9.17, 15) is 9.90 Å². The van der Waals surface area contributed by atoms with Gasteiger partial charge in [-0.3, -0.25) is 4.90 Å². The Morgan fingerprint density at radius 3 is 2.33 bits per heavy atom. The fourth-order valence-corrected chi connectivity index (χ4v) is 3.24. The van der Waals surface area contributed by atoms with Gasteiger partial charge in [0.05, 0.1) is 6.04 Å². The third-order valence-electron chi connectivity index (χ3n) is 4.40. The van der Waals surface area contributed by atoms with Gasteiger partial charge < -0.3 is 15.2 Å². The SMILES string of the molecule is O=C1NCC(c2cccc(O)c2)N1c1ccc(Oc2ccc(Cl)cc2)cc1. The third kappa shape index (κ3) is 3.68. The summed E-state index contributed by atoms with van der Waals surface area (Å²) in [6.07, 6.45) is 0. The van der Waals surface area contributed by atoms with E-state index >= 15 is 0 Å². The molecule has 2 N–H and O–H groups in total. The summed E-state index contributed by atoms with van der Waals surface area (Å²) < 4.78 is 5.79. The molecule has 3 aromatic rings. The zero-order chi connectivity index (χ0) is 18.8. The van der Waals surface area contributed by atoms with Crippen molar-refractivity contribution in [1.82, 2.24) is 5.32 Å². The number of phenols is 1. The minimum absolute atomic E-state index is 0.172. The molecule has 3 aromatic carbocycles. The van der Waals surface area contributed by atoms with Gasteiger partial charge in [-0.1, -0.05) is 23.7 Å². The van der Waals surface area contributed by atoms with Gasteiger partial charge in [0.1, 0.15) is 17.2 Å².